The van der Waals surface area contributed by atoms with Gasteiger partial charge in [-0.15, -0.1) is 0 Å². The molecule has 0 N–H and O–H groups in total. The van der Waals surface area contributed by atoms with Crippen LogP contribution in [0.5, 0.6) is 0 Å². The molecule has 122 valence electrons. The Kier molecular flexibility index (Phi) is 3.99. The van der Waals surface area contributed by atoms with Gasteiger partial charge in [0.25, 0.3) is 0 Å². The van der Waals surface area contributed by atoms with Gasteiger partial charge in [0, 0.05) is 16.9 Å². The van der Waals surface area contributed by atoms with Gasteiger partial charge in [0.15, 0.2) is 0 Å². The Balaban J connectivity index is 1.97. The third-order valence-electron chi connectivity index (χ3n) is 4.69. The molecule has 0 unspecified atom stereocenters. The molecule has 0 atom stereocenters. The molecule has 0 saturated heterocycles. The third-order valence-corrected chi connectivity index (χ3v) is 4.69. The van der Waals surface area contributed by atoms with Gasteiger partial charge in [-0.1, -0.05) is 78.4 Å². The fourth-order valence-electron chi connectivity index (χ4n) is 3.36. The van der Waals surface area contributed by atoms with Crippen LogP contribution < -0.4 is 0 Å². The van der Waals surface area contributed by atoms with E-state index in [0.717, 1.165) is 0 Å². The summed E-state index contributed by atoms with van der Waals surface area (Å²) in [6.45, 7) is 4.33. The Morgan fingerprint density at radius 3 is 1.76 bits per heavy atom. The Labute approximate surface area is 149 Å². The molecule has 1 heterocycles. The van der Waals surface area contributed by atoms with Crippen LogP contribution in [-0.2, 0) is 0 Å². The van der Waals surface area contributed by atoms with Crippen LogP contribution in [0.25, 0.3) is 28.1 Å². The van der Waals surface area contributed by atoms with Crippen molar-refractivity contribution in [3.63, 3.8) is 0 Å². The Bertz CT molecular complexity index is 978. The summed E-state index contributed by atoms with van der Waals surface area (Å²) in [5, 5.41) is 0. The second-order valence-corrected chi connectivity index (χ2v) is 6.43. The van der Waals surface area contributed by atoms with Gasteiger partial charge in [-0.25, -0.2) is 0 Å². The zero-order valence-electron chi connectivity index (χ0n) is 14.6. The molecule has 4 aromatic rings. The molecule has 3 aromatic carbocycles. The van der Waals surface area contributed by atoms with E-state index in [4.69, 9.17) is 0 Å². The van der Waals surface area contributed by atoms with E-state index in [1.54, 1.807) is 0 Å². The number of benzene rings is 3. The maximum Gasteiger partial charge on any atom is 0.0537 e. The Hall–Kier alpha value is -3.06. The van der Waals surface area contributed by atoms with E-state index in [1.165, 1.54) is 39.3 Å². The lowest BCUT2D eigenvalue weighted by molar-refractivity contribution is 1.02. The highest BCUT2D eigenvalue weighted by Gasteiger charge is 2.15. The topological polar surface area (TPSA) is 4.93 Å². The lowest BCUT2D eigenvalue weighted by Crippen LogP contribution is -1.99. The zero-order valence-corrected chi connectivity index (χ0v) is 14.6. The average Bonchev–Trinajstić information content (AvgIpc) is 3.01. The van der Waals surface area contributed by atoms with Crippen LogP contribution in [0.15, 0.2) is 91.0 Å². The van der Waals surface area contributed by atoms with Crippen LogP contribution in [-0.4, -0.2) is 4.57 Å². The summed E-state index contributed by atoms with van der Waals surface area (Å²) in [5.41, 5.74) is 8.72. The first-order valence-corrected chi connectivity index (χ1v) is 8.64. The highest BCUT2D eigenvalue weighted by Crippen LogP contribution is 2.34. The van der Waals surface area contributed by atoms with E-state index in [1.807, 2.05) is 0 Å². The van der Waals surface area contributed by atoms with Crippen molar-refractivity contribution in [2.24, 2.45) is 0 Å². The first-order valence-electron chi connectivity index (χ1n) is 8.64. The molecule has 0 aliphatic carbocycles. The summed E-state index contributed by atoms with van der Waals surface area (Å²) in [6.07, 6.45) is 0. The van der Waals surface area contributed by atoms with Crippen LogP contribution in [0.1, 0.15) is 11.3 Å². The molecule has 1 nitrogen and oxygen atoms in total. The lowest BCUT2D eigenvalue weighted by atomic mass is 10.1. The summed E-state index contributed by atoms with van der Waals surface area (Å²) in [4.78, 5) is 0. The largest absolute Gasteiger partial charge is 0.313 e. The molecular formula is C24H21N. The molecule has 0 spiro atoms. The summed E-state index contributed by atoms with van der Waals surface area (Å²) in [7, 11) is 0. The second kappa shape index (κ2) is 6.45. The van der Waals surface area contributed by atoms with Crippen LogP contribution in [0, 0.1) is 13.8 Å². The summed E-state index contributed by atoms with van der Waals surface area (Å²) in [5.74, 6) is 0. The number of hydrogen-bond donors (Lipinski definition) is 0. The molecule has 1 aromatic heterocycles. The SMILES string of the molecule is Cc1ccc(-n2c(-c3ccccc3)cc(-c3ccccc3)c2C)cc1. The van der Waals surface area contributed by atoms with E-state index < -0.39 is 0 Å². The van der Waals surface area contributed by atoms with Gasteiger partial charge in [-0.05, 0) is 43.2 Å². The van der Waals surface area contributed by atoms with Crippen LogP contribution in [0.2, 0.25) is 0 Å². The van der Waals surface area contributed by atoms with Crippen molar-refractivity contribution in [1.82, 2.24) is 4.57 Å². The van der Waals surface area contributed by atoms with Crippen molar-refractivity contribution in [1.29, 1.82) is 0 Å². The summed E-state index contributed by atoms with van der Waals surface area (Å²) < 4.78 is 2.36. The van der Waals surface area contributed by atoms with E-state index in [0.29, 0.717) is 0 Å². The monoisotopic (exact) mass is 323 g/mol. The minimum atomic E-state index is 1.20. The van der Waals surface area contributed by atoms with Gasteiger partial charge in [0.05, 0.1) is 5.69 Å². The first kappa shape index (κ1) is 15.5. The van der Waals surface area contributed by atoms with Crippen molar-refractivity contribution < 1.29 is 0 Å². The van der Waals surface area contributed by atoms with E-state index in [2.05, 4.69) is 109 Å². The van der Waals surface area contributed by atoms with Gasteiger partial charge in [-0.3, -0.25) is 0 Å². The molecular weight excluding hydrogens is 302 g/mol. The molecule has 25 heavy (non-hydrogen) atoms. The van der Waals surface area contributed by atoms with Gasteiger partial charge in [-0.2, -0.15) is 0 Å². The highest BCUT2D eigenvalue weighted by atomic mass is 15.0. The number of rotatable bonds is 3. The smallest absolute Gasteiger partial charge is 0.0537 e. The number of hydrogen-bond acceptors (Lipinski definition) is 0. The normalized spacial score (nSPS) is 10.8. The van der Waals surface area contributed by atoms with Gasteiger partial charge >= 0.3 is 0 Å². The number of aromatic nitrogens is 1. The fraction of sp³-hybridized carbons (Fsp3) is 0.0833. The Morgan fingerprint density at radius 2 is 1.16 bits per heavy atom. The predicted octanol–water partition coefficient (Wildman–Crippen LogP) is 6.43. The average molecular weight is 323 g/mol. The van der Waals surface area contributed by atoms with Crippen LogP contribution >= 0.6 is 0 Å². The minimum Gasteiger partial charge on any atom is -0.313 e. The van der Waals surface area contributed by atoms with Crippen molar-refractivity contribution in [2.75, 3.05) is 0 Å². The molecule has 0 aliphatic heterocycles. The van der Waals surface area contributed by atoms with Crippen molar-refractivity contribution in [2.45, 2.75) is 13.8 Å². The maximum absolute atomic E-state index is 2.36. The minimum absolute atomic E-state index is 1.20. The molecule has 0 radical (unpaired) electrons. The predicted molar refractivity (Wildman–Crippen MR) is 106 cm³/mol. The van der Waals surface area contributed by atoms with E-state index in [9.17, 15) is 0 Å². The Morgan fingerprint density at radius 1 is 0.600 bits per heavy atom. The number of aryl methyl sites for hydroxylation is 1. The van der Waals surface area contributed by atoms with E-state index in [-0.39, 0.29) is 0 Å². The number of nitrogens with zero attached hydrogens (tertiary/aromatic N) is 1. The summed E-state index contributed by atoms with van der Waals surface area (Å²) in [6, 6.07) is 32.3. The standard InChI is InChI=1S/C24H21N/c1-18-13-15-22(16-14-18)25-19(2)23(20-9-5-3-6-10-20)17-24(25)21-11-7-4-8-12-21/h3-17H,1-2H3. The van der Waals surface area contributed by atoms with Crippen LogP contribution in [0.3, 0.4) is 0 Å². The second-order valence-electron chi connectivity index (χ2n) is 6.43. The molecule has 0 bridgehead atoms. The molecule has 0 fully saturated rings. The first-order chi connectivity index (χ1) is 12.2. The van der Waals surface area contributed by atoms with Crippen molar-refractivity contribution in [3.05, 3.63) is 102 Å². The van der Waals surface area contributed by atoms with Crippen molar-refractivity contribution in [3.8, 4) is 28.1 Å². The van der Waals surface area contributed by atoms with Crippen molar-refractivity contribution >= 4 is 0 Å². The van der Waals surface area contributed by atoms with Gasteiger partial charge in [0.1, 0.15) is 0 Å². The van der Waals surface area contributed by atoms with Crippen LogP contribution in [0.4, 0.5) is 0 Å². The maximum atomic E-state index is 2.36. The molecule has 4 rings (SSSR count). The fourth-order valence-corrected chi connectivity index (χ4v) is 3.36. The molecule has 0 saturated carbocycles. The third kappa shape index (κ3) is 2.89. The molecule has 0 amide bonds. The quantitative estimate of drug-likeness (QED) is 0.409. The van der Waals surface area contributed by atoms with Gasteiger partial charge < -0.3 is 4.57 Å². The lowest BCUT2D eigenvalue weighted by Gasteiger charge is -2.13. The summed E-state index contributed by atoms with van der Waals surface area (Å²) >= 11 is 0. The molecule has 0 aliphatic rings. The van der Waals surface area contributed by atoms with E-state index >= 15 is 0 Å². The zero-order chi connectivity index (χ0) is 17.2. The molecule has 1 heteroatoms. The van der Waals surface area contributed by atoms with Gasteiger partial charge in [0.2, 0.25) is 0 Å². The highest BCUT2D eigenvalue weighted by molar-refractivity contribution is 5.76.